The molecule has 0 bridgehead atoms. The number of hydrogen-bond acceptors (Lipinski definition) is 3. The number of fused-ring (bicyclic) bond motifs is 1. The van der Waals surface area contributed by atoms with Gasteiger partial charge in [-0.15, -0.1) is 0 Å². The van der Waals surface area contributed by atoms with Crippen molar-refractivity contribution in [1.29, 1.82) is 0 Å². The van der Waals surface area contributed by atoms with E-state index in [0.29, 0.717) is 31.9 Å². The highest BCUT2D eigenvalue weighted by atomic mass is 19.1. The number of nitrogens with one attached hydrogen (secondary N) is 1. The minimum Gasteiger partial charge on any atom is -0.382 e. The van der Waals surface area contributed by atoms with Crippen LogP contribution in [-0.4, -0.2) is 42.5 Å². The average molecular weight is 388 g/mol. The lowest BCUT2D eigenvalue weighted by molar-refractivity contribution is -0.129. The van der Waals surface area contributed by atoms with E-state index in [-0.39, 0.29) is 30.1 Å². The molecule has 5 nitrogen and oxygen atoms in total. The van der Waals surface area contributed by atoms with E-state index < -0.39 is 0 Å². The van der Waals surface area contributed by atoms with Crippen molar-refractivity contribution in [2.24, 2.45) is 0 Å². The van der Waals surface area contributed by atoms with E-state index in [2.05, 4.69) is 5.32 Å². The predicted molar refractivity (Wildman–Crippen MR) is 105 cm³/mol. The Labute approximate surface area is 165 Å². The zero-order valence-corrected chi connectivity index (χ0v) is 16.5. The molecule has 0 aromatic heterocycles. The molecule has 1 atom stereocenters. The molecule has 0 saturated heterocycles. The molecular formula is C22H29FN2O3. The summed E-state index contributed by atoms with van der Waals surface area (Å²) in [5.74, 6) is -0.439. The summed E-state index contributed by atoms with van der Waals surface area (Å²) >= 11 is 0. The van der Waals surface area contributed by atoms with Gasteiger partial charge in [0.1, 0.15) is 5.82 Å². The number of hydrogen-bond donors (Lipinski definition) is 1. The van der Waals surface area contributed by atoms with Crippen molar-refractivity contribution in [3.8, 4) is 0 Å². The van der Waals surface area contributed by atoms with Gasteiger partial charge in [0.05, 0.1) is 12.5 Å². The van der Waals surface area contributed by atoms with Crippen LogP contribution in [0, 0.1) is 5.82 Å². The topological polar surface area (TPSA) is 58.6 Å². The van der Waals surface area contributed by atoms with E-state index in [9.17, 15) is 14.0 Å². The summed E-state index contributed by atoms with van der Waals surface area (Å²) in [5, 5.41) is 2.89. The molecule has 1 aromatic carbocycles. The zero-order chi connectivity index (χ0) is 19.9. The van der Waals surface area contributed by atoms with Crippen LogP contribution in [0.5, 0.6) is 0 Å². The van der Waals surface area contributed by atoms with Crippen LogP contribution in [0.1, 0.15) is 51.0 Å². The Morgan fingerprint density at radius 1 is 1.29 bits per heavy atom. The van der Waals surface area contributed by atoms with Gasteiger partial charge in [0.15, 0.2) is 0 Å². The summed E-state index contributed by atoms with van der Waals surface area (Å²) in [6.07, 6.45) is 4.85. The van der Waals surface area contributed by atoms with Crippen molar-refractivity contribution >= 4 is 11.8 Å². The fourth-order valence-electron chi connectivity index (χ4n) is 4.07. The van der Waals surface area contributed by atoms with Crippen LogP contribution >= 0.6 is 0 Å². The maximum absolute atomic E-state index is 13.2. The Morgan fingerprint density at radius 3 is 2.82 bits per heavy atom. The summed E-state index contributed by atoms with van der Waals surface area (Å²) in [7, 11) is 0. The van der Waals surface area contributed by atoms with Crippen LogP contribution in [0.4, 0.5) is 4.39 Å². The van der Waals surface area contributed by atoms with Gasteiger partial charge in [0, 0.05) is 31.9 Å². The molecule has 2 amide bonds. The molecule has 1 fully saturated rings. The number of carbonyl (C=O) groups excluding carboxylic acids is 2. The van der Waals surface area contributed by atoms with Gasteiger partial charge in [0.25, 0.3) is 5.91 Å². The minimum atomic E-state index is -0.283. The smallest absolute Gasteiger partial charge is 0.251 e. The van der Waals surface area contributed by atoms with Crippen LogP contribution in [0.15, 0.2) is 35.4 Å². The molecule has 0 spiro atoms. The lowest BCUT2D eigenvalue weighted by Crippen LogP contribution is -2.36. The average Bonchev–Trinajstić information content (AvgIpc) is 2.95. The standard InChI is InChI=1S/C22H29FN2O3/c1-2-28-13-5-12-24-21(26)14-19-18-6-3-4-7-20(18)25(22(19)27)15-16-8-10-17(23)11-9-16/h8-11,20H,2-7,12-15H2,1H3,(H,24,26). The van der Waals surface area contributed by atoms with Gasteiger partial charge in [-0.25, -0.2) is 4.39 Å². The molecule has 1 unspecified atom stereocenters. The first kappa shape index (κ1) is 20.5. The fraction of sp³-hybridized carbons (Fsp3) is 0.545. The highest BCUT2D eigenvalue weighted by Crippen LogP contribution is 2.38. The lowest BCUT2D eigenvalue weighted by Gasteiger charge is -2.30. The fourth-order valence-corrected chi connectivity index (χ4v) is 4.07. The van der Waals surface area contributed by atoms with Gasteiger partial charge >= 0.3 is 0 Å². The van der Waals surface area contributed by atoms with Crippen LogP contribution < -0.4 is 5.32 Å². The second-order valence-electron chi connectivity index (χ2n) is 7.40. The number of amides is 2. The van der Waals surface area contributed by atoms with Crippen LogP contribution in [-0.2, 0) is 20.9 Å². The Morgan fingerprint density at radius 2 is 2.07 bits per heavy atom. The van der Waals surface area contributed by atoms with Gasteiger partial charge in [-0.1, -0.05) is 18.6 Å². The molecule has 1 N–H and O–H groups in total. The van der Waals surface area contributed by atoms with E-state index in [1.165, 1.54) is 12.1 Å². The molecule has 28 heavy (non-hydrogen) atoms. The zero-order valence-electron chi connectivity index (χ0n) is 16.5. The first-order valence-corrected chi connectivity index (χ1v) is 10.2. The van der Waals surface area contributed by atoms with Crippen molar-refractivity contribution in [2.45, 2.75) is 58.0 Å². The molecule has 152 valence electrons. The molecule has 2 aliphatic rings. The monoisotopic (exact) mass is 388 g/mol. The minimum absolute atomic E-state index is 0.0457. The first-order chi connectivity index (χ1) is 13.6. The molecule has 6 heteroatoms. The highest BCUT2D eigenvalue weighted by Gasteiger charge is 2.40. The van der Waals surface area contributed by atoms with Gasteiger partial charge < -0.3 is 15.0 Å². The summed E-state index contributed by atoms with van der Waals surface area (Å²) in [6.45, 7) is 4.24. The summed E-state index contributed by atoms with van der Waals surface area (Å²) in [4.78, 5) is 27.3. The Hall–Kier alpha value is -2.21. The van der Waals surface area contributed by atoms with E-state index in [0.717, 1.165) is 43.2 Å². The number of rotatable bonds is 9. The van der Waals surface area contributed by atoms with Gasteiger partial charge in [-0.05, 0) is 55.9 Å². The third-order valence-corrected chi connectivity index (χ3v) is 5.45. The van der Waals surface area contributed by atoms with Crippen molar-refractivity contribution in [1.82, 2.24) is 10.2 Å². The number of halogens is 1. The summed E-state index contributed by atoms with van der Waals surface area (Å²) in [6, 6.07) is 6.35. The summed E-state index contributed by atoms with van der Waals surface area (Å²) < 4.78 is 18.5. The first-order valence-electron chi connectivity index (χ1n) is 10.2. The maximum Gasteiger partial charge on any atom is 0.251 e. The van der Waals surface area contributed by atoms with Crippen molar-refractivity contribution in [3.63, 3.8) is 0 Å². The molecule has 0 radical (unpaired) electrons. The number of ether oxygens (including phenoxy) is 1. The molecule has 1 aliphatic carbocycles. The quantitative estimate of drug-likeness (QED) is 0.660. The highest BCUT2D eigenvalue weighted by molar-refractivity contribution is 6.02. The van der Waals surface area contributed by atoms with Crippen LogP contribution in [0.2, 0.25) is 0 Å². The van der Waals surface area contributed by atoms with E-state index in [1.54, 1.807) is 12.1 Å². The number of carbonyl (C=O) groups is 2. The van der Waals surface area contributed by atoms with Gasteiger partial charge in [-0.3, -0.25) is 9.59 Å². The number of nitrogens with zero attached hydrogens (tertiary/aromatic N) is 1. The van der Waals surface area contributed by atoms with Gasteiger partial charge in [0.2, 0.25) is 5.91 Å². The molecule has 1 aliphatic heterocycles. The summed E-state index contributed by atoms with van der Waals surface area (Å²) in [5.41, 5.74) is 2.69. The second-order valence-corrected chi connectivity index (χ2v) is 7.40. The van der Waals surface area contributed by atoms with Crippen LogP contribution in [0.25, 0.3) is 0 Å². The Balaban J connectivity index is 1.63. The van der Waals surface area contributed by atoms with E-state index in [1.807, 2.05) is 11.8 Å². The third-order valence-electron chi connectivity index (χ3n) is 5.45. The maximum atomic E-state index is 13.2. The normalized spacial score (nSPS) is 19.1. The van der Waals surface area contributed by atoms with E-state index >= 15 is 0 Å². The Bertz CT molecular complexity index is 730. The van der Waals surface area contributed by atoms with E-state index in [4.69, 9.17) is 4.74 Å². The number of benzene rings is 1. The van der Waals surface area contributed by atoms with Gasteiger partial charge in [-0.2, -0.15) is 0 Å². The predicted octanol–water partition coefficient (Wildman–Crippen LogP) is 3.34. The lowest BCUT2D eigenvalue weighted by atomic mass is 9.88. The molecule has 1 heterocycles. The SMILES string of the molecule is CCOCCCNC(=O)CC1=C2CCCCC2N(Cc2ccc(F)cc2)C1=O. The van der Waals surface area contributed by atoms with Crippen molar-refractivity contribution < 1.29 is 18.7 Å². The van der Waals surface area contributed by atoms with Crippen molar-refractivity contribution in [2.75, 3.05) is 19.8 Å². The molecule has 3 rings (SSSR count). The second kappa shape index (κ2) is 9.82. The van der Waals surface area contributed by atoms with Crippen LogP contribution in [0.3, 0.4) is 0 Å². The molecule has 1 saturated carbocycles. The Kier molecular flexibility index (Phi) is 7.20. The largest absolute Gasteiger partial charge is 0.382 e. The molecule has 1 aromatic rings. The van der Waals surface area contributed by atoms with Crippen molar-refractivity contribution in [3.05, 3.63) is 46.8 Å². The third kappa shape index (κ3) is 4.98. The molecular weight excluding hydrogens is 359 g/mol.